The van der Waals surface area contributed by atoms with Gasteiger partial charge in [-0.15, -0.1) is 0 Å². The Bertz CT molecular complexity index is 408. The minimum Gasteiger partial charge on any atom is -0.480 e. The van der Waals surface area contributed by atoms with Gasteiger partial charge in [0.05, 0.1) is 0 Å². The van der Waals surface area contributed by atoms with E-state index in [1.807, 2.05) is 30.3 Å². The molecule has 6 nitrogen and oxygen atoms in total. The van der Waals surface area contributed by atoms with Crippen LogP contribution in [0.1, 0.15) is 5.56 Å². The van der Waals surface area contributed by atoms with Gasteiger partial charge in [-0.25, -0.2) is 9.59 Å². The Hall–Kier alpha value is -2.08. The summed E-state index contributed by atoms with van der Waals surface area (Å²) in [4.78, 5) is 23.4. The van der Waals surface area contributed by atoms with E-state index in [1.54, 1.807) is 0 Å². The van der Waals surface area contributed by atoms with E-state index in [-0.39, 0.29) is 13.2 Å². The third-order valence-electron chi connectivity index (χ3n) is 2.47. The molecule has 0 heterocycles. The lowest BCUT2D eigenvalue weighted by molar-refractivity contribution is -0.141. The number of rotatable bonds is 5. The SMILES string of the molecule is CN(C(=O)OCc1ccccc1)C(CN)C(=O)O. The van der Waals surface area contributed by atoms with E-state index in [0.29, 0.717) is 0 Å². The highest BCUT2D eigenvalue weighted by atomic mass is 16.6. The van der Waals surface area contributed by atoms with Gasteiger partial charge in [-0.2, -0.15) is 0 Å². The average molecular weight is 252 g/mol. The van der Waals surface area contributed by atoms with Crippen LogP contribution in [0.3, 0.4) is 0 Å². The second kappa shape index (κ2) is 6.61. The number of carboxylic acid groups (broad SMARTS) is 1. The summed E-state index contributed by atoms with van der Waals surface area (Å²) in [6.07, 6.45) is -0.711. The van der Waals surface area contributed by atoms with Gasteiger partial charge in [0.15, 0.2) is 0 Å². The fraction of sp³-hybridized carbons (Fsp3) is 0.333. The molecule has 0 spiro atoms. The number of benzene rings is 1. The minimum atomic E-state index is -1.16. The second-order valence-electron chi connectivity index (χ2n) is 3.74. The van der Waals surface area contributed by atoms with Gasteiger partial charge in [-0.1, -0.05) is 30.3 Å². The van der Waals surface area contributed by atoms with Gasteiger partial charge in [0.25, 0.3) is 0 Å². The maximum atomic E-state index is 11.6. The zero-order valence-electron chi connectivity index (χ0n) is 10.1. The monoisotopic (exact) mass is 252 g/mol. The number of ether oxygens (including phenoxy) is 1. The van der Waals surface area contributed by atoms with Crippen molar-refractivity contribution in [3.05, 3.63) is 35.9 Å². The van der Waals surface area contributed by atoms with Gasteiger partial charge in [0.2, 0.25) is 0 Å². The molecule has 0 saturated heterocycles. The summed E-state index contributed by atoms with van der Waals surface area (Å²) in [7, 11) is 1.35. The number of nitrogens with two attached hydrogens (primary N) is 1. The zero-order valence-corrected chi connectivity index (χ0v) is 10.1. The zero-order chi connectivity index (χ0) is 13.5. The molecule has 0 aliphatic rings. The summed E-state index contributed by atoms with van der Waals surface area (Å²) in [5, 5.41) is 8.85. The van der Waals surface area contributed by atoms with Crippen molar-refractivity contribution in [3.8, 4) is 0 Å². The summed E-state index contributed by atoms with van der Waals surface area (Å²) >= 11 is 0. The van der Waals surface area contributed by atoms with Gasteiger partial charge in [-0.3, -0.25) is 4.90 Å². The number of hydrogen-bond acceptors (Lipinski definition) is 4. The summed E-state index contributed by atoms with van der Waals surface area (Å²) in [5.74, 6) is -1.16. The summed E-state index contributed by atoms with van der Waals surface area (Å²) < 4.78 is 4.99. The fourth-order valence-electron chi connectivity index (χ4n) is 1.37. The molecule has 3 N–H and O–H groups in total. The first-order valence-corrected chi connectivity index (χ1v) is 5.42. The van der Waals surface area contributed by atoms with Crippen LogP contribution in [0.15, 0.2) is 30.3 Å². The largest absolute Gasteiger partial charge is 0.480 e. The molecule has 1 rings (SSSR count). The Morgan fingerprint density at radius 2 is 2.00 bits per heavy atom. The maximum absolute atomic E-state index is 11.6. The third-order valence-corrected chi connectivity index (χ3v) is 2.47. The first-order chi connectivity index (χ1) is 8.56. The highest BCUT2D eigenvalue weighted by Gasteiger charge is 2.25. The standard InChI is InChI=1S/C12H16N2O4/c1-14(10(7-13)11(15)16)12(17)18-8-9-5-3-2-4-6-9/h2-6,10H,7-8,13H2,1H3,(H,15,16). The highest BCUT2D eigenvalue weighted by molar-refractivity contribution is 5.80. The summed E-state index contributed by atoms with van der Waals surface area (Å²) in [5.41, 5.74) is 6.12. The van der Waals surface area contributed by atoms with Crippen LogP contribution in [0.2, 0.25) is 0 Å². The van der Waals surface area contributed by atoms with Gasteiger partial charge >= 0.3 is 12.1 Å². The van der Waals surface area contributed by atoms with Crippen molar-refractivity contribution in [2.24, 2.45) is 5.73 Å². The van der Waals surface area contributed by atoms with Crippen molar-refractivity contribution in [2.75, 3.05) is 13.6 Å². The Kier molecular flexibility index (Phi) is 5.13. The lowest BCUT2D eigenvalue weighted by atomic mass is 10.2. The van der Waals surface area contributed by atoms with Crippen LogP contribution in [0.4, 0.5) is 4.79 Å². The molecule has 1 amide bonds. The average Bonchev–Trinajstić information content (AvgIpc) is 2.37. The number of amides is 1. The molecule has 98 valence electrons. The normalized spacial score (nSPS) is 11.7. The molecule has 0 bridgehead atoms. The van der Waals surface area contributed by atoms with E-state index >= 15 is 0 Å². The maximum Gasteiger partial charge on any atom is 0.410 e. The predicted octanol–water partition coefficient (Wildman–Crippen LogP) is 0.667. The molecule has 0 radical (unpaired) electrons. The lowest BCUT2D eigenvalue weighted by Gasteiger charge is -2.22. The van der Waals surface area contributed by atoms with Crippen molar-refractivity contribution in [2.45, 2.75) is 12.6 Å². The van der Waals surface area contributed by atoms with Crippen LogP contribution in [0.25, 0.3) is 0 Å². The predicted molar refractivity (Wildman–Crippen MR) is 64.9 cm³/mol. The lowest BCUT2D eigenvalue weighted by Crippen LogP contribution is -2.47. The topological polar surface area (TPSA) is 92.9 Å². The van der Waals surface area contributed by atoms with Crippen LogP contribution >= 0.6 is 0 Å². The van der Waals surface area contributed by atoms with Gasteiger partial charge in [-0.05, 0) is 5.56 Å². The number of carboxylic acids is 1. The molecule has 0 aliphatic carbocycles. The van der Waals surface area contributed by atoms with Crippen molar-refractivity contribution in [1.82, 2.24) is 4.90 Å². The Morgan fingerprint density at radius 3 is 2.50 bits per heavy atom. The van der Waals surface area contributed by atoms with E-state index < -0.39 is 18.1 Å². The minimum absolute atomic E-state index is 0.0981. The van der Waals surface area contributed by atoms with Crippen LogP contribution in [-0.4, -0.2) is 41.7 Å². The molecule has 0 aromatic heterocycles. The number of hydrogen-bond donors (Lipinski definition) is 2. The van der Waals surface area contributed by atoms with Gasteiger partial charge < -0.3 is 15.6 Å². The number of aliphatic carboxylic acids is 1. The second-order valence-corrected chi connectivity index (χ2v) is 3.74. The molecule has 0 fully saturated rings. The molecule has 18 heavy (non-hydrogen) atoms. The van der Waals surface area contributed by atoms with Crippen molar-refractivity contribution in [3.63, 3.8) is 0 Å². The Balaban J connectivity index is 2.52. The molecular weight excluding hydrogens is 236 g/mol. The summed E-state index contributed by atoms with van der Waals surface area (Å²) in [6.45, 7) is -0.0623. The number of carbonyl (C=O) groups excluding carboxylic acids is 1. The summed E-state index contributed by atoms with van der Waals surface area (Å²) in [6, 6.07) is 8.05. The van der Waals surface area contributed by atoms with Crippen LogP contribution in [0.5, 0.6) is 0 Å². The molecule has 1 aromatic carbocycles. The van der Waals surface area contributed by atoms with Gasteiger partial charge in [0.1, 0.15) is 12.6 Å². The van der Waals surface area contributed by atoms with Crippen LogP contribution in [0, 0.1) is 0 Å². The van der Waals surface area contributed by atoms with Crippen molar-refractivity contribution >= 4 is 12.1 Å². The van der Waals surface area contributed by atoms with Crippen molar-refractivity contribution < 1.29 is 19.4 Å². The first kappa shape index (κ1) is 14.0. The van der Waals surface area contributed by atoms with Crippen molar-refractivity contribution in [1.29, 1.82) is 0 Å². The van der Waals surface area contributed by atoms with Gasteiger partial charge in [0, 0.05) is 13.6 Å². The number of likely N-dealkylation sites (N-methyl/N-ethyl adjacent to an activating group) is 1. The van der Waals surface area contributed by atoms with Crippen LogP contribution in [-0.2, 0) is 16.1 Å². The third kappa shape index (κ3) is 3.74. The number of nitrogens with zero attached hydrogens (tertiary/aromatic N) is 1. The molecule has 0 aliphatic heterocycles. The fourth-order valence-corrected chi connectivity index (χ4v) is 1.37. The Morgan fingerprint density at radius 1 is 1.39 bits per heavy atom. The molecule has 0 saturated carbocycles. The molecule has 6 heteroatoms. The molecular formula is C12H16N2O4. The van der Waals surface area contributed by atoms with E-state index in [4.69, 9.17) is 15.6 Å². The van der Waals surface area contributed by atoms with E-state index in [2.05, 4.69) is 0 Å². The van der Waals surface area contributed by atoms with Crippen LogP contribution < -0.4 is 5.73 Å². The number of carbonyl (C=O) groups is 2. The first-order valence-electron chi connectivity index (χ1n) is 5.42. The van der Waals surface area contributed by atoms with E-state index in [1.165, 1.54) is 7.05 Å². The highest BCUT2D eigenvalue weighted by Crippen LogP contribution is 2.04. The molecule has 1 atom stereocenters. The quantitative estimate of drug-likeness (QED) is 0.803. The van der Waals surface area contributed by atoms with E-state index in [9.17, 15) is 9.59 Å². The molecule has 1 aromatic rings. The molecule has 1 unspecified atom stereocenters. The Labute approximate surface area is 105 Å². The smallest absolute Gasteiger partial charge is 0.410 e. The van der Waals surface area contributed by atoms with E-state index in [0.717, 1.165) is 10.5 Å².